The minimum Gasteiger partial charge on any atom is -0.393 e. The van der Waals surface area contributed by atoms with Crippen LogP contribution in [-0.4, -0.2) is 11.2 Å². The summed E-state index contributed by atoms with van der Waals surface area (Å²) < 4.78 is 0. The van der Waals surface area contributed by atoms with Gasteiger partial charge in [-0.15, -0.1) is 0 Å². The third kappa shape index (κ3) is 1.42. The van der Waals surface area contributed by atoms with Gasteiger partial charge in [-0.1, -0.05) is 12.2 Å². The lowest BCUT2D eigenvalue weighted by Crippen LogP contribution is -2.31. The number of allylic oxidation sites excluding steroid dienone is 1. The van der Waals surface area contributed by atoms with Gasteiger partial charge < -0.3 is 5.11 Å². The van der Waals surface area contributed by atoms with Crippen molar-refractivity contribution in [3.8, 4) is 0 Å². The highest BCUT2D eigenvalue weighted by Gasteiger charge is 2.33. The second-order valence-corrected chi connectivity index (χ2v) is 4.38. The van der Waals surface area contributed by atoms with Crippen molar-refractivity contribution in [2.24, 2.45) is 11.8 Å². The van der Waals surface area contributed by atoms with Crippen LogP contribution in [0.5, 0.6) is 0 Å². The Morgan fingerprint density at radius 1 is 1.25 bits per heavy atom. The van der Waals surface area contributed by atoms with Crippen molar-refractivity contribution in [3.05, 3.63) is 12.2 Å². The van der Waals surface area contributed by atoms with Gasteiger partial charge in [0, 0.05) is 0 Å². The van der Waals surface area contributed by atoms with Crippen LogP contribution in [-0.2, 0) is 0 Å². The van der Waals surface area contributed by atoms with Gasteiger partial charge in [0.1, 0.15) is 0 Å². The van der Waals surface area contributed by atoms with E-state index in [0.717, 1.165) is 18.8 Å². The van der Waals surface area contributed by atoms with Gasteiger partial charge in [-0.25, -0.2) is 0 Å². The molecule has 0 radical (unpaired) electrons. The Hall–Kier alpha value is -0.300. The van der Waals surface area contributed by atoms with Crippen molar-refractivity contribution < 1.29 is 5.11 Å². The Kier molecular flexibility index (Phi) is 2.22. The van der Waals surface area contributed by atoms with Crippen molar-refractivity contribution in [1.29, 1.82) is 0 Å². The Morgan fingerprint density at radius 2 is 2.08 bits per heavy atom. The van der Waals surface area contributed by atoms with Crippen molar-refractivity contribution in [2.75, 3.05) is 0 Å². The molecule has 2 aliphatic carbocycles. The minimum atomic E-state index is -0.0406. The molecule has 3 unspecified atom stereocenters. The SMILES string of the molecule is C=C1CCCC2CCC(O)CC12. The molecule has 0 aliphatic heterocycles. The third-order valence-electron chi connectivity index (χ3n) is 3.56. The molecule has 0 bridgehead atoms. The van der Waals surface area contributed by atoms with E-state index in [4.69, 9.17) is 0 Å². The molecule has 0 saturated heterocycles. The van der Waals surface area contributed by atoms with Gasteiger partial charge in [-0.2, -0.15) is 0 Å². The zero-order valence-corrected chi connectivity index (χ0v) is 7.63. The molecule has 2 saturated carbocycles. The van der Waals surface area contributed by atoms with E-state index in [0.29, 0.717) is 5.92 Å². The minimum absolute atomic E-state index is 0.0406. The number of aliphatic hydroxyl groups is 1. The fourth-order valence-electron chi connectivity index (χ4n) is 2.83. The monoisotopic (exact) mass is 166 g/mol. The zero-order valence-electron chi connectivity index (χ0n) is 7.63. The highest BCUT2D eigenvalue weighted by Crippen LogP contribution is 2.42. The molecule has 1 nitrogen and oxygen atoms in total. The first-order valence-corrected chi connectivity index (χ1v) is 5.13. The Bertz CT molecular complexity index is 185. The van der Waals surface area contributed by atoms with Crippen LogP contribution in [0, 0.1) is 11.8 Å². The number of hydrogen-bond acceptors (Lipinski definition) is 1. The van der Waals surface area contributed by atoms with Gasteiger partial charge in [0.05, 0.1) is 6.10 Å². The summed E-state index contributed by atoms with van der Waals surface area (Å²) in [5.41, 5.74) is 1.41. The molecule has 0 aromatic carbocycles. The number of rotatable bonds is 0. The van der Waals surface area contributed by atoms with Crippen LogP contribution in [0.1, 0.15) is 38.5 Å². The molecule has 0 heterocycles. The lowest BCUT2D eigenvalue weighted by Gasteiger charge is -2.39. The maximum atomic E-state index is 9.52. The second kappa shape index (κ2) is 3.21. The van der Waals surface area contributed by atoms with E-state index in [1.54, 1.807) is 0 Å². The second-order valence-electron chi connectivity index (χ2n) is 4.38. The van der Waals surface area contributed by atoms with Crippen LogP contribution in [0.4, 0.5) is 0 Å². The van der Waals surface area contributed by atoms with Gasteiger partial charge in [-0.3, -0.25) is 0 Å². The van der Waals surface area contributed by atoms with Crippen molar-refractivity contribution in [1.82, 2.24) is 0 Å². The van der Waals surface area contributed by atoms with Gasteiger partial charge in [0.2, 0.25) is 0 Å². The molecule has 0 spiro atoms. The summed E-state index contributed by atoms with van der Waals surface area (Å²) in [5.74, 6) is 1.51. The molecule has 0 amide bonds. The third-order valence-corrected chi connectivity index (χ3v) is 3.56. The quantitative estimate of drug-likeness (QED) is 0.548. The van der Waals surface area contributed by atoms with E-state index in [-0.39, 0.29) is 6.10 Å². The normalized spacial score (nSPS) is 42.4. The standard InChI is InChI=1S/C11H18O/c1-8-3-2-4-9-5-6-10(12)7-11(8)9/h9-12H,1-7H2. The van der Waals surface area contributed by atoms with E-state index in [1.807, 2.05) is 0 Å². The molecular weight excluding hydrogens is 148 g/mol. The highest BCUT2D eigenvalue weighted by atomic mass is 16.3. The number of fused-ring (bicyclic) bond motifs is 1. The van der Waals surface area contributed by atoms with Crippen molar-refractivity contribution in [2.45, 2.75) is 44.6 Å². The molecule has 3 atom stereocenters. The fourth-order valence-corrected chi connectivity index (χ4v) is 2.83. The highest BCUT2D eigenvalue weighted by molar-refractivity contribution is 5.08. The van der Waals surface area contributed by atoms with Crippen LogP contribution in [0.25, 0.3) is 0 Å². The van der Waals surface area contributed by atoms with Gasteiger partial charge in [-0.05, 0) is 50.4 Å². The summed E-state index contributed by atoms with van der Waals surface area (Å²) >= 11 is 0. The molecule has 1 heteroatoms. The van der Waals surface area contributed by atoms with Crippen LogP contribution in [0.15, 0.2) is 12.2 Å². The van der Waals surface area contributed by atoms with Gasteiger partial charge in [0.15, 0.2) is 0 Å². The van der Waals surface area contributed by atoms with Crippen molar-refractivity contribution in [3.63, 3.8) is 0 Å². The number of hydrogen-bond donors (Lipinski definition) is 1. The Labute approximate surface area is 74.5 Å². The molecule has 2 rings (SSSR count). The molecule has 2 fully saturated rings. The van der Waals surface area contributed by atoms with Gasteiger partial charge >= 0.3 is 0 Å². The largest absolute Gasteiger partial charge is 0.393 e. The van der Waals surface area contributed by atoms with E-state index in [2.05, 4.69) is 6.58 Å². The van der Waals surface area contributed by atoms with Crippen LogP contribution in [0.3, 0.4) is 0 Å². The Balaban J connectivity index is 2.05. The summed E-state index contributed by atoms with van der Waals surface area (Å²) in [6.07, 6.45) is 7.10. The fraction of sp³-hybridized carbons (Fsp3) is 0.818. The Morgan fingerprint density at radius 3 is 2.92 bits per heavy atom. The summed E-state index contributed by atoms with van der Waals surface area (Å²) in [7, 11) is 0. The summed E-state index contributed by atoms with van der Waals surface area (Å²) in [6.45, 7) is 4.12. The molecule has 2 aliphatic rings. The smallest absolute Gasteiger partial charge is 0.0546 e. The maximum absolute atomic E-state index is 9.52. The topological polar surface area (TPSA) is 20.2 Å². The first-order chi connectivity index (χ1) is 5.77. The van der Waals surface area contributed by atoms with Crippen molar-refractivity contribution >= 4 is 0 Å². The van der Waals surface area contributed by atoms with Gasteiger partial charge in [0.25, 0.3) is 0 Å². The summed E-state index contributed by atoms with van der Waals surface area (Å²) in [4.78, 5) is 0. The molecule has 0 aromatic rings. The molecule has 68 valence electrons. The average molecular weight is 166 g/mol. The zero-order chi connectivity index (χ0) is 8.55. The van der Waals surface area contributed by atoms with E-state index < -0.39 is 0 Å². The predicted molar refractivity (Wildman–Crippen MR) is 49.8 cm³/mol. The molecule has 12 heavy (non-hydrogen) atoms. The van der Waals surface area contributed by atoms with E-state index >= 15 is 0 Å². The van der Waals surface area contributed by atoms with Crippen LogP contribution >= 0.6 is 0 Å². The van der Waals surface area contributed by atoms with E-state index in [1.165, 1.54) is 31.3 Å². The summed E-state index contributed by atoms with van der Waals surface area (Å²) in [5, 5.41) is 9.52. The van der Waals surface area contributed by atoms with Crippen LogP contribution < -0.4 is 0 Å². The average Bonchev–Trinajstić information content (AvgIpc) is 2.07. The lowest BCUT2D eigenvalue weighted by atomic mass is 9.68. The number of aliphatic hydroxyl groups excluding tert-OH is 1. The summed E-state index contributed by atoms with van der Waals surface area (Å²) in [6, 6.07) is 0. The molecule has 1 N–H and O–H groups in total. The van der Waals surface area contributed by atoms with Crippen LogP contribution in [0.2, 0.25) is 0 Å². The first kappa shape index (κ1) is 8.31. The maximum Gasteiger partial charge on any atom is 0.0546 e. The lowest BCUT2D eigenvalue weighted by molar-refractivity contribution is 0.0697. The molecule has 0 aromatic heterocycles. The first-order valence-electron chi connectivity index (χ1n) is 5.13. The predicted octanol–water partition coefficient (Wildman–Crippen LogP) is 2.50. The molecular formula is C11H18O. The van der Waals surface area contributed by atoms with E-state index in [9.17, 15) is 5.11 Å².